The van der Waals surface area contributed by atoms with Gasteiger partial charge in [0.05, 0.1) is 0 Å². The van der Waals surface area contributed by atoms with Gasteiger partial charge in [0.2, 0.25) is 0 Å². The number of ketones is 1. The number of anilines is 1. The van der Waals surface area contributed by atoms with E-state index >= 15 is 0 Å². The summed E-state index contributed by atoms with van der Waals surface area (Å²) in [5, 5.41) is 0. The van der Waals surface area contributed by atoms with Crippen LogP contribution in [0.1, 0.15) is 22.3 Å². The molecule has 2 heteroatoms. The van der Waals surface area contributed by atoms with E-state index in [0.29, 0.717) is 12.1 Å². The van der Waals surface area contributed by atoms with Crippen molar-refractivity contribution in [3.05, 3.63) is 35.4 Å². The molecule has 1 aromatic rings. The Morgan fingerprint density at radius 3 is 3.00 bits per heavy atom. The predicted octanol–water partition coefficient (Wildman–Crippen LogP) is 1.87. The van der Waals surface area contributed by atoms with E-state index in [1.165, 1.54) is 0 Å². The van der Waals surface area contributed by atoms with E-state index in [9.17, 15) is 4.79 Å². The molecular formula is C10H9NO. The van der Waals surface area contributed by atoms with E-state index in [1.807, 2.05) is 24.3 Å². The Balaban J connectivity index is 2.63. The molecule has 1 aromatic carbocycles. The summed E-state index contributed by atoms with van der Waals surface area (Å²) in [6.45, 7) is 0. The molecule has 0 amide bonds. The molecule has 2 nitrogen and oxygen atoms in total. The molecule has 0 saturated carbocycles. The number of allylic oxidation sites excluding steroid dienone is 1. The van der Waals surface area contributed by atoms with Crippen molar-refractivity contribution in [3.8, 4) is 0 Å². The molecule has 0 saturated heterocycles. The summed E-state index contributed by atoms with van der Waals surface area (Å²) in [5.74, 6) is 0.153. The quantitative estimate of drug-likeness (QED) is 0.587. The maximum atomic E-state index is 11.3. The van der Waals surface area contributed by atoms with Gasteiger partial charge in [-0.3, -0.25) is 4.79 Å². The lowest BCUT2D eigenvalue weighted by atomic mass is 9.96. The van der Waals surface area contributed by atoms with Crippen LogP contribution in [0.2, 0.25) is 0 Å². The highest BCUT2D eigenvalue weighted by atomic mass is 16.1. The fraction of sp³-hybridized carbons (Fsp3) is 0.100. The van der Waals surface area contributed by atoms with E-state index in [4.69, 9.17) is 5.73 Å². The zero-order chi connectivity index (χ0) is 8.55. The largest absolute Gasteiger partial charge is 0.399 e. The minimum Gasteiger partial charge on any atom is -0.399 e. The van der Waals surface area contributed by atoms with Crippen LogP contribution in [0.5, 0.6) is 0 Å². The Kier molecular flexibility index (Phi) is 1.47. The number of rotatable bonds is 0. The number of carbonyl (C=O) groups is 1. The molecule has 12 heavy (non-hydrogen) atoms. The number of hydrogen-bond donors (Lipinski definition) is 1. The van der Waals surface area contributed by atoms with Crippen molar-refractivity contribution in [1.82, 2.24) is 0 Å². The van der Waals surface area contributed by atoms with Crippen molar-refractivity contribution in [1.29, 1.82) is 0 Å². The third-order valence-electron chi connectivity index (χ3n) is 1.98. The molecule has 0 bridgehead atoms. The number of nitrogens with two attached hydrogens (primary N) is 1. The first kappa shape index (κ1) is 7.10. The lowest BCUT2D eigenvalue weighted by Gasteiger charge is -2.08. The summed E-state index contributed by atoms with van der Waals surface area (Å²) >= 11 is 0. The average Bonchev–Trinajstić information content (AvgIpc) is 2.07. The number of Topliss-reactive ketones (excluding diaryl/α,β-unsaturated/α-hetero) is 1. The summed E-state index contributed by atoms with van der Waals surface area (Å²) in [4.78, 5) is 11.3. The molecule has 0 spiro atoms. The number of fused-ring (bicyclic) bond motifs is 1. The van der Waals surface area contributed by atoms with Crippen LogP contribution in [-0.4, -0.2) is 5.78 Å². The Morgan fingerprint density at radius 1 is 1.33 bits per heavy atom. The fourth-order valence-electron chi connectivity index (χ4n) is 1.36. The van der Waals surface area contributed by atoms with Crippen LogP contribution in [0.4, 0.5) is 5.69 Å². The molecule has 1 aliphatic rings. The van der Waals surface area contributed by atoms with Crippen LogP contribution in [0, 0.1) is 0 Å². The van der Waals surface area contributed by atoms with Crippen molar-refractivity contribution in [2.24, 2.45) is 0 Å². The molecule has 0 radical (unpaired) electrons. The second-order valence-corrected chi connectivity index (χ2v) is 2.88. The van der Waals surface area contributed by atoms with Gasteiger partial charge in [-0.1, -0.05) is 18.2 Å². The van der Waals surface area contributed by atoms with Gasteiger partial charge in [0, 0.05) is 17.7 Å². The fourth-order valence-corrected chi connectivity index (χ4v) is 1.36. The second kappa shape index (κ2) is 2.48. The van der Waals surface area contributed by atoms with Crippen molar-refractivity contribution in [3.63, 3.8) is 0 Å². The SMILES string of the molecule is Nc1ccc2c(c1)C(=O)CC=C2. The van der Waals surface area contributed by atoms with Gasteiger partial charge in [0.25, 0.3) is 0 Å². The molecule has 2 rings (SSSR count). The monoisotopic (exact) mass is 159 g/mol. The number of benzene rings is 1. The highest BCUT2D eigenvalue weighted by molar-refractivity contribution is 6.03. The lowest BCUT2D eigenvalue weighted by molar-refractivity contribution is 0.0994. The molecular weight excluding hydrogens is 150 g/mol. The number of nitrogen functional groups attached to an aromatic ring is 1. The Morgan fingerprint density at radius 2 is 2.17 bits per heavy atom. The molecule has 2 N–H and O–H groups in total. The molecule has 0 atom stereocenters. The van der Waals surface area contributed by atoms with Gasteiger partial charge in [-0.2, -0.15) is 0 Å². The number of carbonyl (C=O) groups excluding carboxylic acids is 1. The third-order valence-corrected chi connectivity index (χ3v) is 1.98. The Labute approximate surface area is 70.7 Å². The maximum Gasteiger partial charge on any atom is 0.167 e. The molecule has 0 unspecified atom stereocenters. The first-order chi connectivity index (χ1) is 5.77. The topological polar surface area (TPSA) is 43.1 Å². The molecule has 0 heterocycles. The zero-order valence-electron chi connectivity index (χ0n) is 6.58. The Bertz CT molecular complexity index is 366. The van der Waals surface area contributed by atoms with Gasteiger partial charge in [-0.15, -0.1) is 0 Å². The van der Waals surface area contributed by atoms with Crippen LogP contribution >= 0.6 is 0 Å². The van der Waals surface area contributed by atoms with Crippen LogP contribution in [0.15, 0.2) is 24.3 Å². The van der Waals surface area contributed by atoms with Crippen LogP contribution in [0.3, 0.4) is 0 Å². The van der Waals surface area contributed by atoms with E-state index in [1.54, 1.807) is 6.07 Å². The summed E-state index contributed by atoms with van der Waals surface area (Å²) in [6.07, 6.45) is 4.33. The van der Waals surface area contributed by atoms with Gasteiger partial charge in [-0.05, 0) is 17.7 Å². The van der Waals surface area contributed by atoms with E-state index in [2.05, 4.69) is 0 Å². The van der Waals surface area contributed by atoms with Crippen LogP contribution in [-0.2, 0) is 0 Å². The average molecular weight is 159 g/mol. The Hall–Kier alpha value is -1.57. The second-order valence-electron chi connectivity index (χ2n) is 2.88. The van der Waals surface area contributed by atoms with Gasteiger partial charge >= 0.3 is 0 Å². The summed E-state index contributed by atoms with van der Waals surface area (Å²) < 4.78 is 0. The lowest BCUT2D eigenvalue weighted by Crippen LogP contribution is -2.04. The summed E-state index contributed by atoms with van der Waals surface area (Å²) in [5.41, 5.74) is 7.94. The van der Waals surface area contributed by atoms with E-state index < -0.39 is 0 Å². The number of hydrogen-bond acceptors (Lipinski definition) is 2. The normalized spacial score (nSPS) is 14.5. The van der Waals surface area contributed by atoms with Crippen LogP contribution in [0.25, 0.3) is 6.08 Å². The van der Waals surface area contributed by atoms with Gasteiger partial charge in [0.1, 0.15) is 0 Å². The van der Waals surface area contributed by atoms with Gasteiger partial charge in [-0.25, -0.2) is 0 Å². The van der Waals surface area contributed by atoms with Crippen molar-refractivity contribution in [2.45, 2.75) is 6.42 Å². The minimum atomic E-state index is 0.153. The molecule has 0 fully saturated rings. The molecule has 60 valence electrons. The first-order valence-electron chi connectivity index (χ1n) is 3.86. The van der Waals surface area contributed by atoms with E-state index in [-0.39, 0.29) is 5.78 Å². The van der Waals surface area contributed by atoms with Crippen molar-refractivity contribution in [2.75, 3.05) is 5.73 Å². The minimum absolute atomic E-state index is 0.153. The molecule has 1 aliphatic carbocycles. The van der Waals surface area contributed by atoms with Crippen molar-refractivity contribution >= 4 is 17.5 Å². The smallest absolute Gasteiger partial charge is 0.167 e. The first-order valence-corrected chi connectivity index (χ1v) is 3.86. The summed E-state index contributed by atoms with van der Waals surface area (Å²) in [7, 11) is 0. The third kappa shape index (κ3) is 1.01. The van der Waals surface area contributed by atoms with Crippen LogP contribution < -0.4 is 5.73 Å². The molecule has 0 aromatic heterocycles. The molecule has 0 aliphatic heterocycles. The zero-order valence-corrected chi connectivity index (χ0v) is 6.58. The van der Waals surface area contributed by atoms with Gasteiger partial charge < -0.3 is 5.73 Å². The maximum absolute atomic E-state index is 11.3. The highest BCUT2D eigenvalue weighted by Crippen LogP contribution is 2.21. The van der Waals surface area contributed by atoms with E-state index in [0.717, 1.165) is 11.1 Å². The standard InChI is InChI=1S/C10H9NO/c11-8-5-4-7-2-1-3-10(12)9(7)6-8/h1-2,4-6H,3,11H2. The highest BCUT2D eigenvalue weighted by Gasteiger charge is 2.12. The predicted molar refractivity (Wildman–Crippen MR) is 48.8 cm³/mol. The van der Waals surface area contributed by atoms with Gasteiger partial charge in [0.15, 0.2) is 5.78 Å². The van der Waals surface area contributed by atoms with Crippen molar-refractivity contribution < 1.29 is 4.79 Å². The summed E-state index contributed by atoms with van der Waals surface area (Å²) in [6, 6.07) is 5.42.